The predicted molar refractivity (Wildman–Crippen MR) is 48.3 cm³/mol. The van der Waals surface area contributed by atoms with Gasteiger partial charge in [0.1, 0.15) is 12.1 Å². The first-order valence-corrected chi connectivity index (χ1v) is 3.96. The zero-order valence-electron chi connectivity index (χ0n) is 7.29. The summed E-state index contributed by atoms with van der Waals surface area (Å²) in [5.41, 5.74) is 11.7. The molecule has 2 heterocycles. The number of fused-ring (bicyclic) bond motifs is 1. The van der Waals surface area contributed by atoms with Gasteiger partial charge in [0.2, 0.25) is 0 Å². The monoisotopic (exact) mass is 198 g/mol. The average molecular weight is 198 g/mol. The van der Waals surface area contributed by atoms with Crippen LogP contribution in [0.25, 0.3) is 5.52 Å². The van der Waals surface area contributed by atoms with Gasteiger partial charge in [-0.05, 0) is 5.21 Å². The van der Waals surface area contributed by atoms with Crippen LogP contribution in [0, 0.1) is 0 Å². The Morgan fingerprint density at radius 1 is 1.50 bits per heavy atom. The molecule has 0 spiro atoms. The first kappa shape index (κ1) is 8.63. The second kappa shape index (κ2) is 3.07. The van der Waals surface area contributed by atoms with E-state index >= 15 is 0 Å². The molecular weight excluding hydrogens is 188 g/mol. The first-order chi connectivity index (χ1) is 6.74. The molecule has 0 unspecified atom stereocenters. The summed E-state index contributed by atoms with van der Waals surface area (Å²) < 4.78 is 1.32. The summed E-state index contributed by atoms with van der Waals surface area (Å²) in [5, 5.41) is 15.9. The van der Waals surface area contributed by atoms with Crippen molar-refractivity contribution in [2.75, 3.05) is 24.7 Å². The molecule has 0 aliphatic carbocycles. The van der Waals surface area contributed by atoms with Gasteiger partial charge in [-0.25, -0.2) is 0 Å². The fourth-order valence-corrected chi connectivity index (χ4v) is 1.12. The van der Waals surface area contributed by atoms with Gasteiger partial charge in [0.15, 0.2) is 11.6 Å². The van der Waals surface area contributed by atoms with Crippen LogP contribution < -0.4 is 16.3 Å². The maximum absolute atomic E-state index is 8.58. The second-order valence-electron chi connectivity index (χ2n) is 2.65. The summed E-state index contributed by atoms with van der Waals surface area (Å²) >= 11 is 0. The number of aliphatic hydroxyl groups is 1. The number of nitrogens with zero attached hydrogens (tertiary/aromatic N) is 4. The number of rotatable bonds is 3. The molecule has 2 rings (SSSR count). The van der Waals surface area contributed by atoms with E-state index in [4.69, 9.17) is 21.4 Å². The van der Waals surface area contributed by atoms with E-state index in [0.29, 0.717) is 11.3 Å². The van der Waals surface area contributed by atoms with Gasteiger partial charge in [0.05, 0.1) is 6.61 Å². The zero-order chi connectivity index (χ0) is 10.1. The summed E-state index contributed by atoms with van der Waals surface area (Å²) in [6.07, 6.45) is 0. The molecule has 8 nitrogen and oxygen atoms in total. The average Bonchev–Trinajstić information content (AvgIpc) is 2.65. The van der Waals surface area contributed by atoms with E-state index in [1.54, 1.807) is 6.07 Å². The van der Waals surface area contributed by atoms with E-state index in [2.05, 4.69) is 10.3 Å². The van der Waals surface area contributed by atoms with Crippen molar-refractivity contribution < 1.29 is 9.94 Å². The van der Waals surface area contributed by atoms with Crippen molar-refractivity contribution in [2.45, 2.75) is 0 Å². The lowest BCUT2D eigenvalue weighted by Gasteiger charge is -2.05. The van der Waals surface area contributed by atoms with Gasteiger partial charge >= 0.3 is 0 Å². The van der Waals surface area contributed by atoms with Gasteiger partial charge in [0.25, 0.3) is 0 Å². The van der Waals surface area contributed by atoms with Crippen molar-refractivity contribution in [1.29, 1.82) is 0 Å². The van der Waals surface area contributed by atoms with Crippen molar-refractivity contribution in [2.24, 2.45) is 0 Å². The lowest BCUT2D eigenvalue weighted by Crippen LogP contribution is -2.21. The Kier molecular flexibility index (Phi) is 1.89. The molecule has 8 heteroatoms. The molecule has 0 fully saturated rings. The molecular formula is C6H10N6O2. The van der Waals surface area contributed by atoms with E-state index in [1.807, 2.05) is 0 Å². The van der Waals surface area contributed by atoms with Crippen molar-refractivity contribution in [3.05, 3.63) is 6.07 Å². The van der Waals surface area contributed by atoms with E-state index in [9.17, 15) is 0 Å². The van der Waals surface area contributed by atoms with Crippen LogP contribution in [-0.4, -0.2) is 38.1 Å². The third kappa shape index (κ3) is 1.12. The molecule has 14 heavy (non-hydrogen) atoms. The number of aliphatic hydroxyl groups excluding tert-OH is 1. The largest absolute Gasteiger partial charge is 0.393 e. The fourth-order valence-electron chi connectivity index (χ4n) is 1.12. The molecule has 0 saturated heterocycles. The third-order valence-corrected chi connectivity index (χ3v) is 1.70. The molecule has 0 aliphatic heterocycles. The highest BCUT2D eigenvalue weighted by molar-refractivity contribution is 5.67. The molecule has 0 bridgehead atoms. The molecule has 2 aromatic heterocycles. The van der Waals surface area contributed by atoms with Gasteiger partial charge in [-0.1, -0.05) is 4.85 Å². The minimum Gasteiger partial charge on any atom is -0.393 e. The molecule has 5 N–H and O–H groups in total. The Morgan fingerprint density at radius 2 is 2.29 bits per heavy atom. The van der Waals surface area contributed by atoms with Crippen LogP contribution >= 0.6 is 0 Å². The lowest BCUT2D eigenvalue weighted by atomic mass is 10.5. The molecule has 2 aromatic rings. The molecule has 0 radical (unpaired) electrons. The van der Waals surface area contributed by atoms with Gasteiger partial charge in [-0.3, -0.25) is 0 Å². The summed E-state index contributed by atoms with van der Waals surface area (Å²) in [6.45, 7) is 0.0109. The van der Waals surface area contributed by atoms with E-state index in [-0.39, 0.29) is 19.0 Å². The van der Waals surface area contributed by atoms with E-state index in [0.717, 1.165) is 0 Å². The minimum absolute atomic E-state index is 0.108. The standard InChI is InChI=1S/C6H10N6O2/c7-5-3-4-6(8)9-10-11(4)12(5)14-2-1-13/h3,13H,1-2,7-8H2. The van der Waals surface area contributed by atoms with Crippen molar-refractivity contribution in [3.8, 4) is 0 Å². The number of hydrogen-bond donors (Lipinski definition) is 3. The van der Waals surface area contributed by atoms with Crippen LogP contribution in [-0.2, 0) is 0 Å². The molecule has 0 atom stereocenters. The highest BCUT2D eigenvalue weighted by Gasteiger charge is 2.11. The van der Waals surface area contributed by atoms with Crippen molar-refractivity contribution in [1.82, 2.24) is 19.8 Å². The maximum atomic E-state index is 8.58. The van der Waals surface area contributed by atoms with E-state index in [1.165, 1.54) is 9.48 Å². The number of hydrogen-bond acceptors (Lipinski definition) is 6. The van der Waals surface area contributed by atoms with Gasteiger partial charge in [0, 0.05) is 6.07 Å². The topological polar surface area (TPSA) is 117 Å². The van der Waals surface area contributed by atoms with Crippen LogP contribution in [0.3, 0.4) is 0 Å². The molecule has 0 amide bonds. The maximum Gasteiger partial charge on any atom is 0.175 e. The Labute approximate surface area is 78.6 Å². The lowest BCUT2D eigenvalue weighted by molar-refractivity contribution is 0.0455. The summed E-state index contributed by atoms with van der Waals surface area (Å²) in [4.78, 5) is 6.32. The van der Waals surface area contributed by atoms with Crippen LogP contribution in [0.5, 0.6) is 0 Å². The summed E-state index contributed by atoms with van der Waals surface area (Å²) in [6, 6.07) is 1.59. The third-order valence-electron chi connectivity index (χ3n) is 1.70. The van der Waals surface area contributed by atoms with Gasteiger partial charge in [-0.2, -0.15) is 0 Å². The zero-order valence-corrected chi connectivity index (χ0v) is 7.29. The highest BCUT2D eigenvalue weighted by Crippen LogP contribution is 2.14. The first-order valence-electron chi connectivity index (χ1n) is 3.96. The molecule has 0 aliphatic rings. The van der Waals surface area contributed by atoms with Crippen molar-refractivity contribution in [3.63, 3.8) is 0 Å². The van der Waals surface area contributed by atoms with Crippen LogP contribution in [0.15, 0.2) is 6.07 Å². The Balaban J connectivity index is 2.45. The Morgan fingerprint density at radius 3 is 3.00 bits per heavy atom. The number of nitrogens with two attached hydrogens (primary N) is 2. The predicted octanol–water partition coefficient (Wildman–Crippen LogP) is -1.88. The summed E-state index contributed by atoms with van der Waals surface area (Å²) in [5.74, 6) is 0.623. The van der Waals surface area contributed by atoms with Crippen LogP contribution in [0.1, 0.15) is 0 Å². The van der Waals surface area contributed by atoms with Crippen LogP contribution in [0.4, 0.5) is 11.6 Å². The van der Waals surface area contributed by atoms with E-state index < -0.39 is 0 Å². The normalized spacial score (nSPS) is 10.9. The minimum atomic E-state index is -0.108. The Hall–Kier alpha value is -1.96. The fraction of sp³-hybridized carbons (Fsp3) is 0.333. The summed E-state index contributed by atoms with van der Waals surface area (Å²) in [7, 11) is 0. The number of aromatic nitrogens is 4. The van der Waals surface area contributed by atoms with Crippen LogP contribution in [0.2, 0.25) is 0 Å². The SMILES string of the molecule is Nc1nnn2c1cc(N)n2OCCO. The quantitative estimate of drug-likeness (QED) is 0.531. The molecule has 0 aromatic carbocycles. The van der Waals surface area contributed by atoms with Gasteiger partial charge in [-0.15, -0.1) is 9.73 Å². The second-order valence-corrected chi connectivity index (χ2v) is 2.65. The number of anilines is 2. The molecule has 76 valence electrons. The van der Waals surface area contributed by atoms with Gasteiger partial charge < -0.3 is 21.4 Å². The van der Waals surface area contributed by atoms with Crippen molar-refractivity contribution >= 4 is 17.2 Å². The number of nitrogen functional groups attached to an aromatic ring is 2. The highest BCUT2D eigenvalue weighted by atomic mass is 16.7. The molecule has 0 saturated carbocycles. The Bertz CT molecular complexity index is 446. The smallest absolute Gasteiger partial charge is 0.175 e.